The van der Waals surface area contributed by atoms with E-state index in [0.29, 0.717) is 5.92 Å². The molecular formula is C12H23NO2. The number of aliphatic imine (C=N–C) groups is 1. The van der Waals surface area contributed by atoms with Gasteiger partial charge in [0.2, 0.25) is 0 Å². The van der Waals surface area contributed by atoms with E-state index >= 15 is 0 Å². The lowest BCUT2D eigenvalue weighted by molar-refractivity contribution is -0.138. The number of hydrogen-bond donors (Lipinski definition) is 1. The molecule has 0 fully saturated rings. The van der Waals surface area contributed by atoms with Gasteiger partial charge in [-0.05, 0) is 25.7 Å². The Balaban J connectivity index is 4.41. The second-order valence-corrected chi connectivity index (χ2v) is 4.39. The Hall–Kier alpha value is -0.860. The highest BCUT2D eigenvalue weighted by Gasteiger charge is 2.17. The third kappa shape index (κ3) is 6.26. The third-order valence-corrected chi connectivity index (χ3v) is 2.32. The van der Waals surface area contributed by atoms with Crippen LogP contribution in [0.5, 0.6) is 0 Å². The molecule has 0 saturated heterocycles. The average molecular weight is 213 g/mol. The first-order valence-corrected chi connectivity index (χ1v) is 5.75. The fourth-order valence-electron chi connectivity index (χ4n) is 1.23. The van der Waals surface area contributed by atoms with Crippen LogP contribution in [0.1, 0.15) is 47.0 Å². The molecule has 0 aromatic rings. The zero-order chi connectivity index (χ0) is 11.8. The van der Waals surface area contributed by atoms with E-state index in [2.05, 4.69) is 25.8 Å². The van der Waals surface area contributed by atoms with Gasteiger partial charge in [0.15, 0.2) is 0 Å². The maximum atomic E-state index is 10.9. The number of hydrogen-bond acceptors (Lipinski definition) is 2. The zero-order valence-corrected chi connectivity index (χ0v) is 10.3. The van der Waals surface area contributed by atoms with Crippen LogP contribution in [0.3, 0.4) is 0 Å². The Morgan fingerprint density at radius 3 is 2.33 bits per heavy atom. The molecule has 0 radical (unpaired) electrons. The van der Waals surface area contributed by atoms with Crippen molar-refractivity contribution in [3.63, 3.8) is 0 Å². The molecule has 15 heavy (non-hydrogen) atoms. The first kappa shape index (κ1) is 14.1. The Kier molecular flexibility index (Phi) is 7.01. The lowest BCUT2D eigenvalue weighted by Gasteiger charge is -2.11. The standard InChI is InChI=1S/C12H23NO2/c1-5-6-7-11(10(4)12(14)15)13-8-9(2)3/h9-10H,5-8H2,1-4H3,(H,14,15). The van der Waals surface area contributed by atoms with Crippen molar-refractivity contribution in [3.05, 3.63) is 0 Å². The van der Waals surface area contributed by atoms with Crippen molar-refractivity contribution >= 4 is 11.7 Å². The van der Waals surface area contributed by atoms with E-state index in [-0.39, 0.29) is 0 Å². The SMILES string of the molecule is CCCCC(=NCC(C)C)C(C)C(=O)O. The van der Waals surface area contributed by atoms with E-state index in [9.17, 15) is 4.79 Å². The predicted octanol–water partition coefficient (Wildman–Crippen LogP) is 2.99. The molecule has 3 nitrogen and oxygen atoms in total. The average Bonchev–Trinajstić information content (AvgIpc) is 2.16. The fraction of sp³-hybridized carbons (Fsp3) is 0.833. The summed E-state index contributed by atoms with van der Waals surface area (Å²) in [6.45, 7) is 8.73. The van der Waals surface area contributed by atoms with Crippen molar-refractivity contribution in [1.29, 1.82) is 0 Å². The molecular weight excluding hydrogens is 190 g/mol. The number of unbranched alkanes of at least 4 members (excludes halogenated alkanes) is 1. The van der Waals surface area contributed by atoms with Crippen LogP contribution in [0.4, 0.5) is 0 Å². The highest BCUT2D eigenvalue weighted by atomic mass is 16.4. The second kappa shape index (κ2) is 7.43. The largest absolute Gasteiger partial charge is 0.481 e. The maximum absolute atomic E-state index is 10.9. The lowest BCUT2D eigenvalue weighted by Crippen LogP contribution is -2.21. The summed E-state index contributed by atoms with van der Waals surface area (Å²) >= 11 is 0. The van der Waals surface area contributed by atoms with Crippen molar-refractivity contribution in [1.82, 2.24) is 0 Å². The normalized spacial score (nSPS) is 14.3. The van der Waals surface area contributed by atoms with Crippen LogP contribution in [0.2, 0.25) is 0 Å². The third-order valence-electron chi connectivity index (χ3n) is 2.32. The number of rotatable bonds is 7. The fourth-order valence-corrected chi connectivity index (χ4v) is 1.23. The molecule has 0 aliphatic rings. The van der Waals surface area contributed by atoms with Gasteiger partial charge in [-0.1, -0.05) is 27.2 Å². The summed E-state index contributed by atoms with van der Waals surface area (Å²) in [5, 5.41) is 8.94. The molecule has 0 aromatic carbocycles. The van der Waals surface area contributed by atoms with Crippen molar-refractivity contribution in [2.24, 2.45) is 16.8 Å². The van der Waals surface area contributed by atoms with Crippen LogP contribution in [0.15, 0.2) is 4.99 Å². The Bertz CT molecular complexity index is 222. The molecule has 1 unspecified atom stereocenters. The highest BCUT2D eigenvalue weighted by molar-refractivity contribution is 6.01. The molecule has 0 aliphatic heterocycles. The van der Waals surface area contributed by atoms with Crippen molar-refractivity contribution < 1.29 is 9.90 Å². The van der Waals surface area contributed by atoms with Gasteiger partial charge in [-0.15, -0.1) is 0 Å². The second-order valence-electron chi connectivity index (χ2n) is 4.39. The predicted molar refractivity (Wildman–Crippen MR) is 63.5 cm³/mol. The van der Waals surface area contributed by atoms with Gasteiger partial charge in [-0.2, -0.15) is 0 Å². The van der Waals surface area contributed by atoms with Crippen molar-refractivity contribution in [3.8, 4) is 0 Å². The van der Waals surface area contributed by atoms with E-state index in [1.54, 1.807) is 6.92 Å². The van der Waals surface area contributed by atoms with Gasteiger partial charge >= 0.3 is 5.97 Å². The summed E-state index contributed by atoms with van der Waals surface area (Å²) in [7, 11) is 0. The van der Waals surface area contributed by atoms with Gasteiger partial charge < -0.3 is 5.11 Å². The summed E-state index contributed by atoms with van der Waals surface area (Å²) in [5.41, 5.74) is 0.845. The van der Waals surface area contributed by atoms with Gasteiger partial charge in [0.05, 0.1) is 5.92 Å². The zero-order valence-electron chi connectivity index (χ0n) is 10.3. The van der Waals surface area contributed by atoms with Crippen molar-refractivity contribution in [2.45, 2.75) is 47.0 Å². The monoisotopic (exact) mass is 213 g/mol. The van der Waals surface area contributed by atoms with E-state index in [1.807, 2.05) is 0 Å². The van der Waals surface area contributed by atoms with E-state index in [0.717, 1.165) is 31.5 Å². The van der Waals surface area contributed by atoms with Crippen LogP contribution in [0.25, 0.3) is 0 Å². The minimum Gasteiger partial charge on any atom is -0.481 e. The summed E-state index contributed by atoms with van der Waals surface area (Å²) < 4.78 is 0. The lowest BCUT2D eigenvalue weighted by atomic mass is 10.0. The Morgan fingerprint density at radius 2 is 1.93 bits per heavy atom. The number of carbonyl (C=O) groups is 1. The van der Waals surface area contributed by atoms with E-state index in [1.165, 1.54) is 0 Å². The van der Waals surface area contributed by atoms with Crippen LogP contribution >= 0.6 is 0 Å². The number of nitrogens with zero attached hydrogens (tertiary/aromatic N) is 1. The Morgan fingerprint density at radius 1 is 1.33 bits per heavy atom. The molecule has 1 N–H and O–H groups in total. The summed E-state index contributed by atoms with van der Waals surface area (Å²) in [5.74, 6) is -0.716. The highest BCUT2D eigenvalue weighted by Crippen LogP contribution is 2.09. The molecule has 0 heterocycles. The molecule has 0 aromatic heterocycles. The molecule has 0 saturated carbocycles. The molecule has 0 spiro atoms. The molecule has 0 amide bonds. The number of aliphatic carboxylic acids is 1. The maximum Gasteiger partial charge on any atom is 0.311 e. The Labute approximate surface area is 92.6 Å². The number of carboxylic acids is 1. The van der Waals surface area contributed by atoms with Crippen LogP contribution in [-0.4, -0.2) is 23.3 Å². The quantitative estimate of drug-likeness (QED) is 0.661. The van der Waals surface area contributed by atoms with Gasteiger partial charge in [-0.3, -0.25) is 9.79 Å². The van der Waals surface area contributed by atoms with Gasteiger partial charge in [0.25, 0.3) is 0 Å². The minimum absolute atomic E-state index is 0.435. The van der Waals surface area contributed by atoms with E-state index < -0.39 is 11.9 Å². The minimum atomic E-state index is -0.770. The van der Waals surface area contributed by atoms with Gasteiger partial charge in [0.1, 0.15) is 0 Å². The first-order valence-electron chi connectivity index (χ1n) is 5.75. The summed E-state index contributed by atoms with van der Waals surface area (Å²) in [4.78, 5) is 15.3. The molecule has 0 bridgehead atoms. The van der Waals surface area contributed by atoms with Crippen LogP contribution in [-0.2, 0) is 4.79 Å². The first-order chi connectivity index (χ1) is 6.99. The number of carboxylic acid groups (broad SMARTS) is 1. The van der Waals surface area contributed by atoms with Gasteiger partial charge in [-0.25, -0.2) is 0 Å². The summed E-state index contributed by atoms with van der Waals surface area (Å²) in [6, 6.07) is 0. The summed E-state index contributed by atoms with van der Waals surface area (Å²) in [6.07, 6.45) is 2.91. The van der Waals surface area contributed by atoms with Crippen molar-refractivity contribution in [2.75, 3.05) is 6.54 Å². The topological polar surface area (TPSA) is 49.7 Å². The van der Waals surface area contributed by atoms with Crippen LogP contribution < -0.4 is 0 Å². The van der Waals surface area contributed by atoms with Gasteiger partial charge in [0, 0.05) is 12.3 Å². The molecule has 1 atom stereocenters. The smallest absolute Gasteiger partial charge is 0.311 e. The van der Waals surface area contributed by atoms with Crippen LogP contribution in [0, 0.1) is 11.8 Å². The molecule has 0 rings (SSSR count). The molecule has 3 heteroatoms. The molecule has 88 valence electrons. The molecule has 0 aliphatic carbocycles. The van der Waals surface area contributed by atoms with E-state index in [4.69, 9.17) is 5.11 Å².